The summed E-state index contributed by atoms with van der Waals surface area (Å²) < 4.78 is 5.85. The highest BCUT2D eigenvalue weighted by atomic mass is 16.6. The molecule has 3 heteroatoms. The maximum atomic E-state index is 12.9. The third-order valence-electron chi connectivity index (χ3n) is 13.5. The molecular formula is C30H44O3. The smallest absolute Gasteiger partial charge is 0.334 e. The third-order valence-corrected chi connectivity index (χ3v) is 13.5. The lowest BCUT2D eigenvalue weighted by Gasteiger charge is -2.72. The molecule has 33 heavy (non-hydrogen) atoms. The molecular weight excluding hydrogens is 408 g/mol. The summed E-state index contributed by atoms with van der Waals surface area (Å²) in [7, 11) is 0. The van der Waals surface area contributed by atoms with Crippen molar-refractivity contribution in [1.29, 1.82) is 0 Å². The van der Waals surface area contributed by atoms with E-state index in [-0.39, 0.29) is 39.7 Å². The van der Waals surface area contributed by atoms with Gasteiger partial charge in [0.2, 0.25) is 0 Å². The van der Waals surface area contributed by atoms with Crippen LogP contribution in [0.2, 0.25) is 0 Å². The van der Waals surface area contributed by atoms with Crippen molar-refractivity contribution < 1.29 is 14.3 Å². The van der Waals surface area contributed by atoms with Crippen molar-refractivity contribution in [2.24, 2.45) is 56.7 Å². The van der Waals surface area contributed by atoms with Crippen molar-refractivity contribution in [2.75, 3.05) is 0 Å². The van der Waals surface area contributed by atoms with E-state index < -0.39 is 0 Å². The number of ketones is 1. The molecule has 5 aliphatic carbocycles. The summed E-state index contributed by atoms with van der Waals surface area (Å²) in [6.45, 7) is 19.0. The van der Waals surface area contributed by atoms with Crippen LogP contribution in [0.15, 0.2) is 12.2 Å². The Morgan fingerprint density at radius 1 is 0.848 bits per heavy atom. The van der Waals surface area contributed by atoms with Crippen LogP contribution in [0.1, 0.15) is 99.3 Å². The van der Waals surface area contributed by atoms with E-state index in [0.717, 1.165) is 24.8 Å². The Labute approximate surface area is 200 Å². The fraction of sp³-hybridized carbons (Fsp3) is 0.867. The molecule has 1 heterocycles. The van der Waals surface area contributed by atoms with E-state index in [4.69, 9.17) is 4.74 Å². The first-order valence-corrected chi connectivity index (χ1v) is 13.7. The summed E-state index contributed by atoms with van der Waals surface area (Å²) >= 11 is 0. The highest BCUT2D eigenvalue weighted by Crippen LogP contribution is 2.77. The molecule has 6 aliphatic rings. The van der Waals surface area contributed by atoms with Crippen molar-refractivity contribution >= 4 is 11.8 Å². The highest BCUT2D eigenvalue weighted by molar-refractivity contribution is 5.91. The SMILES string of the molecule is C=C1C(=O)O[C@@H]2C[C@@]3(C)CC[C@@]4(C)[C@@H](CC[C@H]5[C@]6(C)CCC(=O)C(C)(C)[C@H]6CC[C@@]54C)[C@@H]3[C@@H]12. The molecule has 0 unspecified atom stereocenters. The Morgan fingerprint density at radius 3 is 2.30 bits per heavy atom. The molecule has 0 amide bonds. The van der Waals surface area contributed by atoms with Crippen molar-refractivity contribution in [2.45, 2.75) is 105 Å². The van der Waals surface area contributed by atoms with Crippen LogP contribution in [-0.4, -0.2) is 17.9 Å². The average Bonchev–Trinajstić information content (AvgIpc) is 3.17. The van der Waals surface area contributed by atoms with E-state index in [1.807, 2.05) is 0 Å². The predicted octanol–water partition coefficient (Wildman–Crippen LogP) is 6.75. The second kappa shape index (κ2) is 6.35. The Hall–Kier alpha value is -1.12. The van der Waals surface area contributed by atoms with E-state index in [1.54, 1.807) is 0 Å². The van der Waals surface area contributed by atoms with Gasteiger partial charge < -0.3 is 4.74 Å². The van der Waals surface area contributed by atoms with Gasteiger partial charge >= 0.3 is 5.97 Å². The molecule has 0 aromatic carbocycles. The van der Waals surface area contributed by atoms with E-state index in [2.05, 4.69) is 48.1 Å². The van der Waals surface area contributed by atoms with E-state index in [9.17, 15) is 9.59 Å². The zero-order chi connectivity index (χ0) is 23.8. The second-order valence-electron chi connectivity index (χ2n) is 14.7. The fourth-order valence-electron chi connectivity index (χ4n) is 11.7. The van der Waals surface area contributed by atoms with Crippen molar-refractivity contribution in [3.05, 3.63) is 12.2 Å². The number of ether oxygens (including phenoxy) is 1. The molecule has 0 N–H and O–H groups in total. The van der Waals surface area contributed by atoms with Crippen LogP contribution in [0.3, 0.4) is 0 Å². The van der Waals surface area contributed by atoms with Crippen LogP contribution in [-0.2, 0) is 14.3 Å². The molecule has 0 aromatic heterocycles. The minimum Gasteiger partial charge on any atom is -0.458 e. The van der Waals surface area contributed by atoms with Crippen LogP contribution in [0.4, 0.5) is 0 Å². The zero-order valence-corrected chi connectivity index (χ0v) is 21.8. The van der Waals surface area contributed by atoms with Gasteiger partial charge in [-0.2, -0.15) is 0 Å². The maximum Gasteiger partial charge on any atom is 0.334 e. The number of Topliss-reactive ketones (excluding diaryl/α,β-unsaturated/α-hetero) is 1. The molecule has 6 rings (SSSR count). The molecule has 10 atom stereocenters. The van der Waals surface area contributed by atoms with E-state index in [1.165, 1.54) is 38.5 Å². The standard InChI is InChI=1S/C30H44O3/c1-17-23-19(33-25(17)32)16-27(4)14-15-29(6)18(24(23)27)8-9-21-28(5)12-11-22(31)26(2,3)20(28)10-13-30(21,29)7/h18-21,23-24H,1,8-16H2,2-7H3/t18-,19+,20+,21-,23-,24+,27+,28+,29-,30-/m0/s1. The van der Waals surface area contributed by atoms with Crippen LogP contribution in [0.5, 0.6) is 0 Å². The molecule has 3 nitrogen and oxygen atoms in total. The Kier molecular flexibility index (Phi) is 4.30. The number of fused-ring (bicyclic) bond motifs is 9. The molecule has 0 bridgehead atoms. The summed E-state index contributed by atoms with van der Waals surface area (Å²) in [5.41, 5.74) is 1.67. The number of rotatable bonds is 0. The van der Waals surface area contributed by atoms with Crippen LogP contribution in [0.25, 0.3) is 0 Å². The second-order valence-corrected chi connectivity index (χ2v) is 14.7. The molecule has 1 aliphatic heterocycles. The zero-order valence-electron chi connectivity index (χ0n) is 21.8. The molecule has 0 spiro atoms. The van der Waals surface area contributed by atoms with Gasteiger partial charge in [0.25, 0.3) is 0 Å². The third kappa shape index (κ3) is 2.43. The lowest BCUT2D eigenvalue weighted by atomic mass is 9.32. The summed E-state index contributed by atoms with van der Waals surface area (Å²) in [5, 5.41) is 0. The van der Waals surface area contributed by atoms with Gasteiger partial charge in [0.15, 0.2) is 0 Å². The number of carbonyl (C=O) groups excluding carboxylic acids is 2. The lowest BCUT2D eigenvalue weighted by molar-refractivity contribution is -0.232. The first-order valence-electron chi connectivity index (χ1n) is 13.7. The quantitative estimate of drug-likeness (QED) is 0.302. The first-order chi connectivity index (χ1) is 15.3. The summed E-state index contributed by atoms with van der Waals surface area (Å²) in [6.07, 6.45) is 10.4. The van der Waals surface area contributed by atoms with Crippen molar-refractivity contribution in [3.8, 4) is 0 Å². The van der Waals surface area contributed by atoms with E-state index >= 15 is 0 Å². The largest absolute Gasteiger partial charge is 0.458 e. The summed E-state index contributed by atoms with van der Waals surface area (Å²) in [5.74, 6) is 2.93. The topological polar surface area (TPSA) is 43.4 Å². The fourth-order valence-corrected chi connectivity index (χ4v) is 11.7. The lowest BCUT2D eigenvalue weighted by Crippen LogP contribution is -2.66. The summed E-state index contributed by atoms with van der Waals surface area (Å²) in [6, 6.07) is 0. The van der Waals surface area contributed by atoms with Crippen LogP contribution in [0, 0.1) is 56.7 Å². The normalized spacial score (nSPS) is 56.8. The van der Waals surface area contributed by atoms with Gasteiger partial charge in [-0.1, -0.05) is 48.1 Å². The monoisotopic (exact) mass is 452 g/mol. The first kappa shape index (κ1) is 22.4. The Morgan fingerprint density at radius 2 is 1.58 bits per heavy atom. The van der Waals surface area contributed by atoms with Crippen molar-refractivity contribution in [1.82, 2.24) is 0 Å². The maximum absolute atomic E-state index is 12.9. The minimum atomic E-state index is -0.185. The van der Waals surface area contributed by atoms with Crippen LogP contribution >= 0.6 is 0 Å². The molecule has 182 valence electrons. The van der Waals surface area contributed by atoms with Crippen molar-refractivity contribution in [3.63, 3.8) is 0 Å². The number of hydrogen-bond acceptors (Lipinski definition) is 3. The van der Waals surface area contributed by atoms with Gasteiger partial charge in [0, 0.05) is 23.3 Å². The minimum absolute atomic E-state index is 0.0614. The van der Waals surface area contributed by atoms with Gasteiger partial charge in [0.1, 0.15) is 11.9 Å². The van der Waals surface area contributed by atoms with Gasteiger partial charge in [-0.15, -0.1) is 0 Å². The Balaban J connectivity index is 1.40. The van der Waals surface area contributed by atoms with Gasteiger partial charge in [0.05, 0.1) is 0 Å². The van der Waals surface area contributed by atoms with Gasteiger partial charge in [-0.25, -0.2) is 4.79 Å². The molecule has 1 saturated heterocycles. The number of esters is 1. The average molecular weight is 453 g/mol. The molecule has 0 aromatic rings. The number of carbonyl (C=O) groups is 2. The Bertz CT molecular complexity index is 948. The highest BCUT2D eigenvalue weighted by Gasteiger charge is 2.72. The van der Waals surface area contributed by atoms with E-state index in [0.29, 0.717) is 34.9 Å². The number of hydrogen-bond donors (Lipinski definition) is 0. The molecule has 5 saturated carbocycles. The molecule has 0 radical (unpaired) electrons. The predicted molar refractivity (Wildman–Crippen MR) is 129 cm³/mol. The summed E-state index contributed by atoms with van der Waals surface area (Å²) in [4.78, 5) is 25.4. The van der Waals surface area contributed by atoms with Gasteiger partial charge in [-0.05, 0) is 96.7 Å². The van der Waals surface area contributed by atoms with Crippen LogP contribution < -0.4 is 0 Å². The van der Waals surface area contributed by atoms with Gasteiger partial charge in [-0.3, -0.25) is 4.79 Å². The molecule has 6 fully saturated rings.